The van der Waals surface area contributed by atoms with E-state index < -0.39 is 56.2 Å². The number of nitrogens with one attached hydrogen (secondary N) is 3. The second-order valence-electron chi connectivity index (χ2n) is 8.11. The van der Waals surface area contributed by atoms with E-state index in [1.54, 1.807) is 42.5 Å². The van der Waals surface area contributed by atoms with Crippen LogP contribution in [0.1, 0.15) is 23.2 Å². The summed E-state index contributed by atoms with van der Waals surface area (Å²) in [6.07, 6.45) is -0.387. The predicted molar refractivity (Wildman–Crippen MR) is 149 cm³/mol. The molecule has 0 saturated heterocycles. The third-order valence-electron chi connectivity index (χ3n) is 5.21. The van der Waals surface area contributed by atoms with Crippen LogP contribution in [0.2, 0.25) is 0 Å². The normalized spacial score (nSPS) is 12.0. The average molecular weight is 642 g/mol. The topological polar surface area (TPSA) is 206 Å². The summed E-state index contributed by atoms with van der Waals surface area (Å²) in [5, 5.41) is 25.4. The fraction of sp³-hybridized carbons (Fsp3) is 0.320. The van der Waals surface area contributed by atoms with Crippen LogP contribution < -0.4 is 35.6 Å². The molecule has 0 spiro atoms. The van der Waals surface area contributed by atoms with Crippen LogP contribution in [-0.4, -0.2) is 92.3 Å². The van der Waals surface area contributed by atoms with E-state index in [0.717, 1.165) is 0 Å². The Morgan fingerprint density at radius 3 is 2.42 bits per heavy atom. The van der Waals surface area contributed by atoms with Crippen molar-refractivity contribution in [1.82, 2.24) is 10.6 Å². The summed E-state index contributed by atoms with van der Waals surface area (Å²) in [7, 11) is 4.25. The molecule has 0 aliphatic heterocycles. The maximum atomic E-state index is 13.1. The van der Waals surface area contributed by atoms with Crippen molar-refractivity contribution in [2.75, 3.05) is 31.8 Å². The number of methoxy groups -OCH3 is 2. The molecule has 0 saturated carbocycles. The molecule has 2 aromatic carbocycles. The number of carboxylic acid groups (broad SMARTS) is 2. The standard InChI is InChI=1S/C25H30N4O9SSe/c1-37-15-6-3-5-14(11-15)28-23(33)16-7-4-8-19(38-2)22(16)40-39-13-18(24(34)27-12-21(31)32)29-20(30)10-9-17(26)25(35)36/h3-8,11,17-18H,9-10,12-13,26H2,1-2H3,(H,27,34)(H,28,33)(H,29,30)(H,31,32)(H,35,36)/t17-,18-/m1/s1. The number of carbonyl (C=O) groups excluding carboxylic acids is 3. The van der Waals surface area contributed by atoms with Crippen LogP contribution >= 0.6 is 10.2 Å². The van der Waals surface area contributed by atoms with Crippen molar-refractivity contribution >= 4 is 63.8 Å². The van der Waals surface area contributed by atoms with Gasteiger partial charge in [-0.1, -0.05) is 0 Å². The molecular weight excluding hydrogens is 611 g/mol. The Kier molecular flexibility index (Phi) is 13.3. The number of hydrogen-bond donors (Lipinski definition) is 6. The van der Waals surface area contributed by atoms with Crippen LogP contribution in [0.25, 0.3) is 0 Å². The van der Waals surface area contributed by atoms with Gasteiger partial charge >= 0.3 is 240 Å². The monoisotopic (exact) mass is 642 g/mol. The van der Waals surface area contributed by atoms with Gasteiger partial charge in [0.25, 0.3) is 0 Å². The molecule has 0 aromatic heterocycles. The van der Waals surface area contributed by atoms with Gasteiger partial charge in [0.2, 0.25) is 0 Å². The van der Waals surface area contributed by atoms with Crippen LogP contribution in [0.4, 0.5) is 5.69 Å². The van der Waals surface area contributed by atoms with Gasteiger partial charge in [-0.25, -0.2) is 0 Å². The Morgan fingerprint density at radius 2 is 1.77 bits per heavy atom. The fourth-order valence-electron chi connectivity index (χ4n) is 3.15. The van der Waals surface area contributed by atoms with Gasteiger partial charge in [0.05, 0.1) is 0 Å². The van der Waals surface area contributed by atoms with Gasteiger partial charge in [-0.2, -0.15) is 0 Å². The molecule has 7 N–H and O–H groups in total. The second-order valence-corrected chi connectivity index (χ2v) is 12.2. The van der Waals surface area contributed by atoms with Gasteiger partial charge in [-0.05, 0) is 0 Å². The number of carboxylic acids is 2. The molecule has 0 heterocycles. The molecule has 15 heteroatoms. The zero-order valence-electron chi connectivity index (χ0n) is 21.7. The summed E-state index contributed by atoms with van der Waals surface area (Å²) < 4.78 is 11.3. The SMILES string of the molecule is COc1cccc(NC(=O)c2cccc(OC)c2[Se]SC[C@@H](NC(=O)CC[C@@H](N)C(=O)O)C(=O)NCC(=O)O)c1. The second kappa shape index (κ2) is 16.4. The Hall–Kier alpha value is -3.78. The number of anilines is 1. The molecule has 0 bridgehead atoms. The summed E-state index contributed by atoms with van der Waals surface area (Å²) in [5.74, 6) is -3.17. The Balaban J connectivity index is 2.15. The molecule has 2 atom stereocenters. The zero-order valence-corrected chi connectivity index (χ0v) is 24.2. The number of hydrogen-bond acceptors (Lipinski definition) is 9. The average Bonchev–Trinajstić information content (AvgIpc) is 2.93. The van der Waals surface area contributed by atoms with Crippen LogP contribution in [-0.2, 0) is 19.2 Å². The molecular formula is C25H30N4O9SSe. The molecule has 0 radical (unpaired) electrons. The van der Waals surface area contributed by atoms with Gasteiger partial charge in [0.1, 0.15) is 0 Å². The summed E-state index contributed by atoms with van der Waals surface area (Å²) in [6, 6.07) is 9.52. The van der Waals surface area contributed by atoms with E-state index in [9.17, 15) is 24.0 Å². The van der Waals surface area contributed by atoms with Crippen molar-refractivity contribution in [2.24, 2.45) is 5.73 Å². The predicted octanol–water partition coefficient (Wildman–Crippen LogP) is -0.188. The molecule has 2 rings (SSSR count). The molecule has 0 fully saturated rings. The quantitative estimate of drug-likeness (QED) is 0.133. The van der Waals surface area contributed by atoms with Gasteiger partial charge in [-0.3, -0.25) is 0 Å². The van der Waals surface area contributed by atoms with Crippen LogP contribution in [0.3, 0.4) is 0 Å². The fourth-order valence-corrected chi connectivity index (χ4v) is 7.64. The first kappa shape index (κ1) is 32.4. The van der Waals surface area contributed by atoms with Gasteiger partial charge in [0, 0.05) is 0 Å². The molecule has 3 amide bonds. The maximum absolute atomic E-state index is 13.1. The zero-order chi connectivity index (χ0) is 29.7. The molecule has 40 heavy (non-hydrogen) atoms. The molecule has 13 nitrogen and oxygen atoms in total. The van der Waals surface area contributed by atoms with Crippen LogP contribution in [0, 0.1) is 0 Å². The number of rotatable bonds is 16. The summed E-state index contributed by atoms with van der Waals surface area (Å²) in [6.45, 7) is -0.647. The van der Waals surface area contributed by atoms with E-state index in [1.807, 2.05) is 0 Å². The summed E-state index contributed by atoms with van der Waals surface area (Å²) in [5.41, 5.74) is 6.31. The number of nitrogens with two attached hydrogens (primary N) is 1. The van der Waals surface area contributed by atoms with E-state index in [-0.39, 0.29) is 24.5 Å². The first-order valence-electron chi connectivity index (χ1n) is 11.7. The minimum absolute atomic E-state index is 0.0389. The van der Waals surface area contributed by atoms with E-state index in [4.69, 9.17) is 25.4 Å². The number of carbonyl (C=O) groups is 5. The first-order chi connectivity index (χ1) is 19.0. The minimum atomic E-state index is -1.26. The molecule has 2 aromatic rings. The van der Waals surface area contributed by atoms with Gasteiger partial charge < -0.3 is 0 Å². The third-order valence-corrected chi connectivity index (χ3v) is 9.50. The molecule has 0 aliphatic rings. The Labute approximate surface area is 239 Å². The van der Waals surface area contributed by atoms with Crippen molar-refractivity contribution < 1.29 is 43.7 Å². The van der Waals surface area contributed by atoms with Crippen molar-refractivity contribution in [3.05, 3.63) is 48.0 Å². The van der Waals surface area contributed by atoms with E-state index in [1.165, 1.54) is 24.4 Å². The van der Waals surface area contributed by atoms with Crippen molar-refractivity contribution in [1.29, 1.82) is 0 Å². The number of ether oxygens (including phenoxy) is 2. The van der Waals surface area contributed by atoms with Gasteiger partial charge in [0.15, 0.2) is 0 Å². The molecule has 0 aliphatic carbocycles. The van der Waals surface area contributed by atoms with E-state index in [0.29, 0.717) is 27.2 Å². The Morgan fingerprint density at radius 1 is 1.05 bits per heavy atom. The van der Waals surface area contributed by atoms with Gasteiger partial charge in [-0.15, -0.1) is 0 Å². The summed E-state index contributed by atoms with van der Waals surface area (Å²) in [4.78, 5) is 59.9. The van der Waals surface area contributed by atoms with Crippen molar-refractivity contribution in [3.8, 4) is 11.5 Å². The van der Waals surface area contributed by atoms with Crippen LogP contribution in [0.15, 0.2) is 42.5 Å². The number of amides is 3. The summed E-state index contributed by atoms with van der Waals surface area (Å²) >= 11 is -0.491. The van der Waals surface area contributed by atoms with Crippen molar-refractivity contribution in [3.63, 3.8) is 0 Å². The third kappa shape index (κ3) is 10.4. The van der Waals surface area contributed by atoms with Crippen molar-refractivity contribution in [2.45, 2.75) is 24.9 Å². The number of benzene rings is 2. The Bertz CT molecular complexity index is 1230. The number of aliphatic carboxylic acids is 2. The first-order valence-corrected chi connectivity index (χ1v) is 15.6. The van der Waals surface area contributed by atoms with E-state index >= 15 is 0 Å². The molecule has 0 unspecified atom stereocenters. The molecule has 216 valence electrons. The van der Waals surface area contributed by atoms with Crippen LogP contribution in [0.5, 0.6) is 11.5 Å². The van der Waals surface area contributed by atoms with E-state index in [2.05, 4.69) is 16.0 Å².